The number of amides is 2. The molecule has 1 heterocycles. The van der Waals surface area contributed by atoms with Crippen molar-refractivity contribution in [1.82, 2.24) is 19.7 Å². The Kier molecular flexibility index (Phi) is 9.89. The average Bonchev–Trinajstić information content (AvgIpc) is 2.77. The van der Waals surface area contributed by atoms with Crippen molar-refractivity contribution in [2.45, 2.75) is 52.2 Å². The highest BCUT2D eigenvalue weighted by atomic mass is 32.2. The van der Waals surface area contributed by atoms with Crippen LogP contribution < -0.4 is 10.9 Å². The summed E-state index contributed by atoms with van der Waals surface area (Å²) in [5.41, 5.74) is 0.117. The number of aromatic nitrogens is 1. The lowest BCUT2D eigenvalue weighted by atomic mass is 10.0. The van der Waals surface area contributed by atoms with Crippen molar-refractivity contribution in [3.8, 4) is 0 Å². The van der Waals surface area contributed by atoms with Gasteiger partial charge < -0.3 is 24.6 Å². The molecule has 2 amide bonds. The Morgan fingerprint density at radius 1 is 1.16 bits per heavy atom. The first-order chi connectivity index (χ1) is 17.4. The summed E-state index contributed by atoms with van der Waals surface area (Å²) < 4.78 is 29.0. The Balaban J connectivity index is 2.42. The highest BCUT2D eigenvalue weighted by Gasteiger charge is 2.28. The maximum Gasteiger partial charge on any atom is 0.408 e. The summed E-state index contributed by atoms with van der Waals surface area (Å²) in [5.74, 6) is -0.603. The fourth-order valence-corrected chi connectivity index (χ4v) is 4.49. The van der Waals surface area contributed by atoms with Crippen molar-refractivity contribution in [3.63, 3.8) is 0 Å². The fraction of sp³-hybridized carbons (Fsp3) is 0.600. The number of carboxylic acid groups (broad SMARTS) is 1. The molecule has 12 nitrogen and oxygen atoms in total. The summed E-state index contributed by atoms with van der Waals surface area (Å²) in [6, 6.07) is 2.11. The third-order valence-corrected chi connectivity index (χ3v) is 7.15. The van der Waals surface area contributed by atoms with Crippen LogP contribution in [-0.2, 0) is 21.2 Å². The molecule has 0 saturated carbocycles. The van der Waals surface area contributed by atoms with Gasteiger partial charge in [0.05, 0.1) is 16.7 Å². The number of likely N-dealkylation sites (N-methyl/N-ethyl adjacent to an activating group) is 2. The second kappa shape index (κ2) is 12.1. The van der Waals surface area contributed by atoms with Crippen LogP contribution in [0.3, 0.4) is 0 Å². The number of carbonyl (C=O) groups is 2. The van der Waals surface area contributed by atoms with Crippen LogP contribution in [0.2, 0.25) is 0 Å². The SMILES string of the molecule is Cc1c(CN(C(=O)O)C(C)(C)C)ccc2nc(NC(CCS(C)(=O)=O)C(=O)N(C)CCN(C)C)oc(=O)c12. The van der Waals surface area contributed by atoms with Gasteiger partial charge in [-0.05, 0) is 65.4 Å². The van der Waals surface area contributed by atoms with Gasteiger partial charge in [-0.2, -0.15) is 4.98 Å². The van der Waals surface area contributed by atoms with Crippen LogP contribution in [0, 0.1) is 6.92 Å². The molecule has 1 unspecified atom stereocenters. The Hall–Kier alpha value is -3.19. The first-order valence-corrected chi connectivity index (χ1v) is 14.2. The molecule has 0 aliphatic heterocycles. The van der Waals surface area contributed by atoms with Gasteiger partial charge in [0.1, 0.15) is 15.9 Å². The molecule has 2 aromatic rings. The number of nitrogens with one attached hydrogen (secondary N) is 1. The van der Waals surface area contributed by atoms with Crippen LogP contribution in [0.1, 0.15) is 38.3 Å². The molecule has 0 spiro atoms. The molecular formula is C25H39N5O7S. The van der Waals surface area contributed by atoms with Crippen LogP contribution in [0.25, 0.3) is 10.9 Å². The highest BCUT2D eigenvalue weighted by Crippen LogP contribution is 2.24. The molecule has 1 atom stereocenters. The second-order valence-electron chi connectivity index (χ2n) is 10.8. The quantitative estimate of drug-likeness (QED) is 0.422. The molecular weight excluding hydrogens is 514 g/mol. The molecule has 0 saturated heterocycles. The molecule has 0 bridgehead atoms. The van der Waals surface area contributed by atoms with Crippen molar-refractivity contribution in [1.29, 1.82) is 0 Å². The minimum absolute atomic E-state index is 0.0385. The molecule has 0 aliphatic carbocycles. The summed E-state index contributed by atoms with van der Waals surface area (Å²) in [7, 11) is 2.02. The van der Waals surface area contributed by atoms with Crippen LogP contribution in [0.4, 0.5) is 10.8 Å². The highest BCUT2D eigenvalue weighted by molar-refractivity contribution is 7.90. The van der Waals surface area contributed by atoms with Gasteiger partial charge in [-0.3, -0.25) is 9.69 Å². The Bertz CT molecular complexity index is 1330. The molecule has 212 valence electrons. The zero-order valence-electron chi connectivity index (χ0n) is 23.4. The first kappa shape index (κ1) is 31.0. The van der Waals surface area contributed by atoms with E-state index < -0.39 is 33.1 Å². The van der Waals surface area contributed by atoms with Crippen molar-refractivity contribution < 1.29 is 27.5 Å². The second-order valence-corrected chi connectivity index (χ2v) is 13.0. The lowest BCUT2D eigenvalue weighted by Crippen LogP contribution is -2.44. The minimum atomic E-state index is -3.35. The first-order valence-electron chi connectivity index (χ1n) is 12.2. The number of benzene rings is 1. The van der Waals surface area contributed by atoms with Gasteiger partial charge >= 0.3 is 11.7 Å². The Labute approximate surface area is 223 Å². The molecule has 38 heavy (non-hydrogen) atoms. The summed E-state index contributed by atoms with van der Waals surface area (Å²) in [6.45, 7) is 8.15. The third kappa shape index (κ3) is 8.42. The van der Waals surface area contributed by atoms with Gasteiger partial charge in [0.15, 0.2) is 0 Å². The predicted octanol–water partition coefficient (Wildman–Crippen LogP) is 2.01. The van der Waals surface area contributed by atoms with E-state index in [9.17, 15) is 27.9 Å². The van der Waals surface area contributed by atoms with Gasteiger partial charge in [-0.1, -0.05) is 6.07 Å². The smallest absolute Gasteiger partial charge is 0.408 e. The molecule has 0 radical (unpaired) electrons. The average molecular weight is 554 g/mol. The number of aryl methyl sites for hydroxylation is 1. The minimum Gasteiger partial charge on any atom is -0.465 e. The maximum atomic E-state index is 13.1. The van der Waals surface area contributed by atoms with Gasteiger partial charge in [0.2, 0.25) is 5.91 Å². The standard InChI is InChI=1S/C25H39N5O7S/c1-16-17(15-30(24(33)34)25(2,3)4)9-10-18-20(16)22(32)37-23(26-18)27-19(11-14-38(8,35)36)21(31)29(7)13-12-28(5)6/h9-10,19H,11-15H2,1-8H3,(H,26,27)(H,33,34). The molecule has 1 aromatic carbocycles. The van der Waals surface area contributed by atoms with Crippen LogP contribution in [-0.4, -0.2) is 103 Å². The van der Waals surface area contributed by atoms with Crippen LogP contribution in [0.15, 0.2) is 21.3 Å². The number of sulfone groups is 1. The molecule has 1 aromatic heterocycles. The lowest BCUT2D eigenvalue weighted by molar-refractivity contribution is -0.130. The van der Waals surface area contributed by atoms with E-state index in [1.54, 1.807) is 46.9 Å². The number of nitrogens with zero attached hydrogens (tertiary/aromatic N) is 4. The summed E-state index contributed by atoms with van der Waals surface area (Å²) >= 11 is 0. The molecule has 0 aliphatic rings. The number of carbonyl (C=O) groups excluding carboxylic acids is 1. The van der Waals surface area contributed by atoms with E-state index in [-0.39, 0.29) is 36.0 Å². The number of hydrogen-bond acceptors (Lipinski definition) is 9. The predicted molar refractivity (Wildman–Crippen MR) is 146 cm³/mol. The van der Waals surface area contributed by atoms with Crippen molar-refractivity contribution >= 4 is 38.8 Å². The zero-order chi connectivity index (χ0) is 29.0. The van der Waals surface area contributed by atoms with Gasteiger partial charge in [-0.25, -0.2) is 18.0 Å². The number of hydrogen-bond donors (Lipinski definition) is 2. The normalized spacial score (nSPS) is 13.0. The van der Waals surface area contributed by atoms with E-state index in [0.717, 1.165) is 6.26 Å². The van der Waals surface area contributed by atoms with E-state index in [2.05, 4.69) is 10.3 Å². The van der Waals surface area contributed by atoms with Crippen molar-refractivity contribution in [2.24, 2.45) is 0 Å². The molecule has 2 N–H and O–H groups in total. The topological polar surface area (TPSA) is 153 Å². The van der Waals surface area contributed by atoms with E-state index in [1.807, 2.05) is 19.0 Å². The lowest BCUT2D eigenvalue weighted by Gasteiger charge is -2.33. The van der Waals surface area contributed by atoms with E-state index in [0.29, 0.717) is 29.7 Å². The van der Waals surface area contributed by atoms with E-state index in [4.69, 9.17) is 4.42 Å². The van der Waals surface area contributed by atoms with E-state index in [1.165, 1.54) is 9.80 Å². The largest absolute Gasteiger partial charge is 0.465 e. The maximum absolute atomic E-state index is 13.1. The monoisotopic (exact) mass is 553 g/mol. The zero-order valence-corrected chi connectivity index (χ0v) is 24.2. The summed E-state index contributed by atoms with van der Waals surface area (Å²) in [4.78, 5) is 46.9. The molecule has 13 heteroatoms. The van der Waals surface area contributed by atoms with Gasteiger partial charge in [0, 0.05) is 38.5 Å². The van der Waals surface area contributed by atoms with Crippen molar-refractivity contribution in [2.75, 3.05) is 51.6 Å². The van der Waals surface area contributed by atoms with Gasteiger partial charge in [-0.15, -0.1) is 0 Å². The Morgan fingerprint density at radius 3 is 2.32 bits per heavy atom. The number of anilines is 1. The summed E-state index contributed by atoms with van der Waals surface area (Å²) in [5, 5.41) is 12.7. The number of rotatable bonds is 11. The van der Waals surface area contributed by atoms with Gasteiger partial charge in [0.25, 0.3) is 6.01 Å². The van der Waals surface area contributed by atoms with Crippen LogP contribution in [0.5, 0.6) is 0 Å². The van der Waals surface area contributed by atoms with Crippen molar-refractivity contribution in [3.05, 3.63) is 33.7 Å². The number of fused-ring (bicyclic) bond motifs is 1. The Morgan fingerprint density at radius 2 is 1.79 bits per heavy atom. The third-order valence-electron chi connectivity index (χ3n) is 6.17. The molecule has 0 fully saturated rings. The van der Waals surface area contributed by atoms with E-state index >= 15 is 0 Å². The van der Waals surface area contributed by atoms with Crippen LogP contribution >= 0.6 is 0 Å². The molecule has 2 rings (SSSR count). The summed E-state index contributed by atoms with van der Waals surface area (Å²) in [6.07, 6.45) is -0.0324. The fourth-order valence-electron chi connectivity index (χ4n) is 3.82.